The molecule has 0 unspecified atom stereocenters. The molecule has 3 aromatic heterocycles. The summed E-state index contributed by atoms with van der Waals surface area (Å²) in [6, 6.07) is 10.5. The fourth-order valence-corrected chi connectivity index (χ4v) is 3.54. The van der Waals surface area contributed by atoms with Gasteiger partial charge in [0.1, 0.15) is 17.4 Å². The Hall–Kier alpha value is -4.21. The molecule has 10 nitrogen and oxygen atoms in total. The number of carbonyl (C=O) groups is 2. The summed E-state index contributed by atoms with van der Waals surface area (Å²) in [7, 11) is 0. The van der Waals surface area contributed by atoms with Gasteiger partial charge in [0.15, 0.2) is 0 Å². The van der Waals surface area contributed by atoms with Crippen LogP contribution in [0.2, 0.25) is 0 Å². The van der Waals surface area contributed by atoms with Crippen LogP contribution in [0.3, 0.4) is 0 Å². The SMILES string of the molecule is Cc1ccc(-c2noc([C@@H]3CCN3C(=O)O)n2)cc1NC(=O)c1cnc2ccccn12. The Labute approximate surface area is 176 Å². The van der Waals surface area contributed by atoms with Gasteiger partial charge >= 0.3 is 6.09 Å². The Balaban J connectivity index is 1.40. The van der Waals surface area contributed by atoms with Crippen LogP contribution in [0.15, 0.2) is 53.3 Å². The molecule has 1 aromatic carbocycles. The van der Waals surface area contributed by atoms with E-state index >= 15 is 0 Å². The molecule has 0 spiro atoms. The first-order valence-corrected chi connectivity index (χ1v) is 9.69. The van der Waals surface area contributed by atoms with Gasteiger partial charge in [-0.3, -0.25) is 14.1 Å². The zero-order valence-corrected chi connectivity index (χ0v) is 16.5. The highest BCUT2D eigenvalue weighted by atomic mass is 16.5. The van der Waals surface area contributed by atoms with E-state index in [-0.39, 0.29) is 11.8 Å². The van der Waals surface area contributed by atoms with E-state index in [2.05, 4.69) is 20.4 Å². The van der Waals surface area contributed by atoms with Gasteiger partial charge in [0.25, 0.3) is 5.91 Å². The summed E-state index contributed by atoms with van der Waals surface area (Å²) >= 11 is 0. The topological polar surface area (TPSA) is 126 Å². The number of hydrogen-bond donors (Lipinski definition) is 2. The van der Waals surface area contributed by atoms with Crippen LogP contribution in [-0.2, 0) is 0 Å². The van der Waals surface area contributed by atoms with Crippen molar-refractivity contribution in [2.24, 2.45) is 0 Å². The van der Waals surface area contributed by atoms with Crippen molar-refractivity contribution in [3.63, 3.8) is 0 Å². The van der Waals surface area contributed by atoms with Crippen molar-refractivity contribution >= 4 is 23.3 Å². The summed E-state index contributed by atoms with van der Waals surface area (Å²) < 4.78 is 7.01. The minimum atomic E-state index is -1.01. The van der Waals surface area contributed by atoms with Gasteiger partial charge in [0.2, 0.25) is 11.7 Å². The number of nitrogens with one attached hydrogen (secondary N) is 1. The molecule has 5 rings (SSSR count). The number of carboxylic acid groups (broad SMARTS) is 1. The number of aryl methyl sites for hydroxylation is 1. The molecule has 4 aromatic rings. The predicted molar refractivity (Wildman–Crippen MR) is 110 cm³/mol. The zero-order valence-electron chi connectivity index (χ0n) is 16.5. The standard InChI is InChI=1S/C21H18N6O4/c1-12-5-6-13(18-24-20(31-25-18)15-7-9-27(15)21(29)30)10-14(12)23-19(28)16-11-22-17-4-2-3-8-26(16)17/h2-6,8,10-11,15H,7,9H2,1H3,(H,23,28)(H,29,30)/t15-/m0/s1. The van der Waals surface area contributed by atoms with E-state index in [1.807, 2.05) is 37.3 Å². The number of likely N-dealkylation sites (tertiary alicyclic amines) is 1. The maximum atomic E-state index is 12.8. The number of pyridine rings is 1. The second-order valence-corrected chi connectivity index (χ2v) is 7.29. The first-order valence-electron chi connectivity index (χ1n) is 9.69. The number of hydrogen-bond acceptors (Lipinski definition) is 6. The van der Waals surface area contributed by atoms with Crippen molar-refractivity contribution < 1.29 is 19.2 Å². The monoisotopic (exact) mass is 418 g/mol. The van der Waals surface area contributed by atoms with Crippen LogP contribution in [0.25, 0.3) is 17.0 Å². The van der Waals surface area contributed by atoms with Crippen LogP contribution in [0, 0.1) is 6.92 Å². The molecule has 1 fully saturated rings. The quantitative estimate of drug-likeness (QED) is 0.520. The fourth-order valence-electron chi connectivity index (χ4n) is 3.54. The van der Waals surface area contributed by atoms with Crippen LogP contribution in [-0.4, -0.2) is 48.1 Å². The van der Waals surface area contributed by atoms with E-state index in [0.29, 0.717) is 41.4 Å². The molecule has 10 heteroatoms. The lowest BCUT2D eigenvalue weighted by Gasteiger charge is -2.35. The Bertz CT molecular complexity index is 1310. The van der Waals surface area contributed by atoms with Gasteiger partial charge < -0.3 is 14.9 Å². The predicted octanol–water partition coefficient (Wildman–Crippen LogP) is 3.37. The molecule has 4 heterocycles. The lowest BCUT2D eigenvalue weighted by atomic mass is 10.0. The molecule has 0 bridgehead atoms. The van der Waals surface area contributed by atoms with E-state index in [0.717, 1.165) is 5.56 Å². The minimum absolute atomic E-state index is 0.264. The molecule has 2 N–H and O–H groups in total. The fraction of sp³-hybridized carbons (Fsp3) is 0.190. The molecule has 31 heavy (non-hydrogen) atoms. The van der Waals surface area contributed by atoms with E-state index in [1.165, 1.54) is 11.1 Å². The van der Waals surface area contributed by atoms with Gasteiger partial charge in [-0.05, 0) is 37.1 Å². The maximum absolute atomic E-state index is 12.8. The Kier molecular flexibility index (Phi) is 4.39. The maximum Gasteiger partial charge on any atom is 0.407 e. The van der Waals surface area contributed by atoms with Gasteiger partial charge in [-0.2, -0.15) is 4.98 Å². The third-order valence-electron chi connectivity index (χ3n) is 5.39. The third kappa shape index (κ3) is 3.27. The van der Waals surface area contributed by atoms with E-state index in [1.54, 1.807) is 16.7 Å². The Morgan fingerprint density at radius 3 is 2.90 bits per heavy atom. The summed E-state index contributed by atoms with van der Waals surface area (Å²) in [5.41, 5.74) is 3.22. The highest BCUT2D eigenvalue weighted by molar-refractivity contribution is 6.04. The summed E-state index contributed by atoms with van der Waals surface area (Å²) in [5.74, 6) is 0.303. The summed E-state index contributed by atoms with van der Waals surface area (Å²) in [5, 5.41) is 16.1. The highest BCUT2D eigenvalue weighted by Gasteiger charge is 2.37. The van der Waals surface area contributed by atoms with E-state index < -0.39 is 12.1 Å². The van der Waals surface area contributed by atoms with Gasteiger partial charge in [-0.25, -0.2) is 9.78 Å². The van der Waals surface area contributed by atoms with Crippen molar-refractivity contribution in [2.45, 2.75) is 19.4 Å². The first kappa shape index (κ1) is 18.8. The molecule has 0 radical (unpaired) electrons. The van der Waals surface area contributed by atoms with Crippen LogP contribution >= 0.6 is 0 Å². The minimum Gasteiger partial charge on any atom is -0.465 e. The number of nitrogens with zero attached hydrogens (tertiary/aromatic N) is 5. The number of aromatic nitrogens is 4. The normalized spacial score (nSPS) is 15.6. The van der Waals surface area contributed by atoms with Crippen LogP contribution in [0.5, 0.6) is 0 Å². The summed E-state index contributed by atoms with van der Waals surface area (Å²) in [4.78, 5) is 33.9. The van der Waals surface area contributed by atoms with Crippen molar-refractivity contribution in [3.05, 3.63) is 65.9 Å². The van der Waals surface area contributed by atoms with Gasteiger partial charge in [-0.15, -0.1) is 0 Å². The van der Waals surface area contributed by atoms with Crippen LogP contribution in [0.4, 0.5) is 10.5 Å². The third-order valence-corrected chi connectivity index (χ3v) is 5.39. The first-order chi connectivity index (χ1) is 15.0. The molecule has 156 valence electrons. The lowest BCUT2D eigenvalue weighted by molar-refractivity contribution is 0.0591. The van der Waals surface area contributed by atoms with Crippen LogP contribution < -0.4 is 5.32 Å². The number of amides is 2. The van der Waals surface area contributed by atoms with E-state index in [9.17, 15) is 14.7 Å². The molecule has 2 amide bonds. The second kappa shape index (κ2) is 7.24. The summed E-state index contributed by atoms with van der Waals surface area (Å²) in [6.07, 6.45) is 2.94. The number of fused-ring (bicyclic) bond motifs is 1. The highest BCUT2D eigenvalue weighted by Crippen LogP contribution is 2.33. The van der Waals surface area contributed by atoms with E-state index in [4.69, 9.17) is 4.52 Å². The van der Waals surface area contributed by atoms with Crippen molar-refractivity contribution in [3.8, 4) is 11.4 Å². The second-order valence-electron chi connectivity index (χ2n) is 7.29. The molecule has 1 saturated heterocycles. The molecular weight excluding hydrogens is 400 g/mol. The number of imidazole rings is 1. The van der Waals surface area contributed by atoms with Crippen molar-refractivity contribution in [1.29, 1.82) is 0 Å². The molecule has 1 atom stereocenters. The van der Waals surface area contributed by atoms with Gasteiger partial charge in [-0.1, -0.05) is 23.4 Å². The molecule has 0 aliphatic carbocycles. The molecule has 1 aliphatic rings. The number of carbonyl (C=O) groups excluding carboxylic acids is 1. The zero-order chi connectivity index (χ0) is 21.5. The van der Waals surface area contributed by atoms with Crippen molar-refractivity contribution in [2.75, 3.05) is 11.9 Å². The molecular formula is C21H18N6O4. The van der Waals surface area contributed by atoms with Crippen molar-refractivity contribution in [1.82, 2.24) is 24.4 Å². The molecule has 0 saturated carbocycles. The largest absolute Gasteiger partial charge is 0.465 e. The van der Waals surface area contributed by atoms with Gasteiger partial charge in [0.05, 0.1) is 6.20 Å². The number of rotatable bonds is 4. The average Bonchev–Trinajstić information content (AvgIpc) is 3.36. The molecule has 1 aliphatic heterocycles. The lowest BCUT2D eigenvalue weighted by Crippen LogP contribution is -2.44. The Morgan fingerprint density at radius 1 is 1.26 bits per heavy atom. The number of anilines is 1. The average molecular weight is 418 g/mol. The number of benzene rings is 1. The van der Waals surface area contributed by atoms with Crippen LogP contribution in [0.1, 0.15) is 34.4 Å². The summed E-state index contributed by atoms with van der Waals surface area (Å²) in [6.45, 7) is 2.33. The van der Waals surface area contributed by atoms with Gasteiger partial charge in [0, 0.05) is 24.0 Å². The smallest absolute Gasteiger partial charge is 0.407 e. The Morgan fingerprint density at radius 2 is 2.13 bits per heavy atom.